The van der Waals surface area contributed by atoms with Crippen molar-refractivity contribution in [2.45, 2.75) is 39.7 Å². The first-order chi connectivity index (χ1) is 11.9. The summed E-state index contributed by atoms with van der Waals surface area (Å²) in [5.74, 6) is 0.801. The Morgan fingerprint density at radius 1 is 1.20 bits per heavy atom. The number of hydrogen-bond donors (Lipinski definition) is 1. The summed E-state index contributed by atoms with van der Waals surface area (Å²) in [7, 11) is 0. The van der Waals surface area contributed by atoms with Crippen molar-refractivity contribution in [2.75, 3.05) is 0 Å². The second-order valence-electron chi connectivity index (χ2n) is 6.23. The molecule has 1 unspecified atom stereocenters. The van der Waals surface area contributed by atoms with Gasteiger partial charge in [-0.05, 0) is 54.7 Å². The summed E-state index contributed by atoms with van der Waals surface area (Å²) >= 11 is 5.91. The van der Waals surface area contributed by atoms with Crippen molar-refractivity contribution in [2.24, 2.45) is 5.10 Å². The second kappa shape index (κ2) is 8.67. The van der Waals surface area contributed by atoms with Gasteiger partial charge >= 0.3 is 0 Å². The van der Waals surface area contributed by atoms with Crippen molar-refractivity contribution in [3.8, 4) is 5.75 Å². The number of nitrogens with zero attached hydrogens (tertiary/aromatic N) is 1. The SMILES string of the molecule is Cc1ccc(C(C)C)cc1OC(C)C(=O)N/N=C/c1cccc(Cl)c1. The van der Waals surface area contributed by atoms with Gasteiger partial charge < -0.3 is 4.74 Å². The first-order valence-electron chi connectivity index (χ1n) is 8.22. The molecule has 2 aromatic rings. The third-order valence-electron chi connectivity index (χ3n) is 3.79. The Morgan fingerprint density at radius 2 is 1.96 bits per heavy atom. The van der Waals surface area contributed by atoms with Crippen LogP contribution in [0.2, 0.25) is 5.02 Å². The van der Waals surface area contributed by atoms with Crippen molar-refractivity contribution >= 4 is 23.7 Å². The lowest BCUT2D eigenvalue weighted by Gasteiger charge is -2.16. The number of halogens is 1. The van der Waals surface area contributed by atoms with Gasteiger partial charge in [0.15, 0.2) is 6.10 Å². The van der Waals surface area contributed by atoms with Crippen LogP contribution in [0.25, 0.3) is 0 Å². The Labute approximate surface area is 153 Å². The number of rotatable bonds is 6. The third kappa shape index (κ3) is 5.61. The Morgan fingerprint density at radius 3 is 2.64 bits per heavy atom. The van der Waals surface area contributed by atoms with Gasteiger partial charge in [0.1, 0.15) is 5.75 Å². The Hall–Kier alpha value is -2.33. The van der Waals surface area contributed by atoms with Crippen molar-refractivity contribution in [3.05, 3.63) is 64.2 Å². The zero-order chi connectivity index (χ0) is 18.4. The van der Waals surface area contributed by atoms with Gasteiger partial charge in [-0.3, -0.25) is 4.79 Å². The van der Waals surface area contributed by atoms with E-state index >= 15 is 0 Å². The highest BCUT2D eigenvalue weighted by atomic mass is 35.5. The van der Waals surface area contributed by atoms with Crippen LogP contribution in [0.15, 0.2) is 47.6 Å². The summed E-state index contributed by atoms with van der Waals surface area (Å²) in [6.45, 7) is 7.90. The maximum absolute atomic E-state index is 12.2. The number of carbonyl (C=O) groups excluding carboxylic acids is 1. The zero-order valence-electron chi connectivity index (χ0n) is 14.9. The van der Waals surface area contributed by atoms with E-state index in [9.17, 15) is 4.79 Å². The van der Waals surface area contributed by atoms with Gasteiger partial charge in [0.05, 0.1) is 6.21 Å². The van der Waals surface area contributed by atoms with Crippen molar-refractivity contribution in [1.29, 1.82) is 0 Å². The molecule has 132 valence electrons. The van der Waals surface area contributed by atoms with E-state index in [-0.39, 0.29) is 5.91 Å². The normalized spacial score (nSPS) is 12.4. The van der Waals surface area contributed by atoms with Crippen LogP contribution >= 0.6 is 11.6 Å². The molecule has 0 saturated heterocycles. The van der Waals surface area contributed by atoms with Gasteiger partial charge in [-0.15, -0.1) is 0 Å². The fourth-order valence-corrected chi connectivity index (χ4v) is 2.39. The molecule has 5 heteroatoms. The van der Waals surface area contributed by atoms with Crippen molar-refractivity contribution in [3.63, 3.8) is 0 Å². The number of carbonyl (C=O) groups is 1. The molecular weight excluding hydrogens is 336 g/mol. The molecule has 0 aliphatic heterocycles. The van der Waals surface area contributed by atoms with Gasteiger partial charge in [-0.25, -0.2) is 5.43 Å². The lowest BCUT2D eigenvalue weighted by atomic mass is 10.0. The van der Waals surface area contributed by atoms with Crippen LogP contribution in [-0.2, 0) is 4.79 Å². The van der Waals surface area contributed by atoms with E-state index in [0.29, 0.717) is 16.7 Å². The maximum Gasteiger partial charge on any atom is 0.280 e. The summed E-state index contributed by atoms with van der Waals surface area (Å²) < 4.78 is 5.81. The quantitative estimate of drug-likeness (QED) is 0.601. The predicted molar refractivity (Wildman–Crippen MR) is 103 cm³/mol. The fraction of sp³-hybridized carbons (Fsp3) is 0.300. The fourth-order valence-electron chi connectivity index (χ4n) is 2.19. The molecule has 1 N–H and O–H groups in total. The van der Waals surface area contributed by atoms with Crippen LogP contribution in [-0.4, -0.2) is 18.2 Å². The Balaban J connectivity index is 1.97. The van der Waals surface area contributed by atoms with Crippen LogP contribution in [0.5, 0.6) is 5.75 Å². The molecule has 0 aromatic heterocycles. The maximum atomic E-state index is 12.2. The number of hydrazone groups is 1. The monoisotopic (exact) mass is 358 g/mol. The molecule has 0 fully saturated rings. The minimum Gasteiger partial charge on any atom is -0.481 e. The number of benzene rings is 2. The minimum atomic E-state index is -0.655. The van der Waals surface area contributed by atoms with Gasteiger partial charge in [0, 0.05) is 5.02 Å². The highest BCUT2D eigenvalue weighted by Crippen LogP contribution is 2.25. The standard InChI is InChI=1S/C20H23ClN2O2/c1-13(2)17-9-8-14(3)19(11-17)25-15(4)20(24)23-22-12-16-6-5-7-18(21)10-16/h5-13,15H,1-4H3,(H,23,24)/b22-12+. The van der Waals surface area contributed by atoms with Crippen LogP contribution in [0.1, 0.15) is 43.4 Å². The highest BCUT2D eigenvalue weighted by Gasteiger charge is 2.15. The molecule has 0 aliphatic rings. The predicted octanol–water partition coefficient (Wildman–Crippen LogP) is 4.69. The van der Waals surface area contributed by atoms with Crippen molar-refractivity contribution in [1.82, 2.24) is 5.43 Å². The van der Waals surface area contributed by atoms with E-state index in [0.717, 1.165) is 11.1 Å². The van der Waals surface area contributed by atoms with E-state index in [1.54, 1.807) is 25.3 Å². The smallest absolute Gasteiger partial charge is 0.280 e. The summed E-state index contributed by atoms with van der Waals surface area (Å²) in [5.41, 5.74) is 5.46. The number of amides is 1. The first kappa shape index (κ1) is 19.0. The van der Waals surface area contributed by atoms with E-state index in [1.807, 2.05) is 31.2 Å². The Kier molecular flexibility index (Phi) is 6.59. The molecule has 1 amide bonds. The summed E-state index contributed by atoms with van der Waals surface area (Å²) in [6, 6.07) is 13.3. The molecule has 2 rings (SSSR count). The molecule has 0 bridgehead atoms. The van der Waals surface area contributed by atoms with Gasteiger partial charge in [-0.2, -0.15) is 5.10 Å². The van der Waals surface area contributed by atoms with Crippen LogP contribution in [0.4, 0.5) is 0 Å². The minimum absolute atomic E-state index is 0.312. The van der Waals surface area contributed by atoms with Crippen molar-refractivity contribution < 1.29 is 9.53 Å². The molecule has 0 spiro atoms. The van der Waals surface area contributed by atoms with Crippen LogP contribution in [0, 0.1) is 6.92 Å². The highest BCUT2D eigenvalue weighted by molar-refractivity contribution is 6.30. The third-order valence-corrected chi connectivity index (χ3v) is 4.02. The van der Waals surface area contributed by atoms with Gasteiger partial charge in [0.25, 0.3) is 5.91 Å². The molecule has 1 atom stereocenters. The average molecular weight is 359 g/mol. The zero-order valence-corrected chi connectivity index (χ0v) is 15.7. The molecular formula is C20H23ClN2O2. The number of hydrogen-bond acceptors (Lipinski definition) is 3. The largest absolute Gasteiger partial charge is 0.481 e. The summed E-state index contributed by atoms with van der Waals surface area (Å²) in [6.07, 6.45) is 0.888. The van der Waals surface area contributed by atoms with Crippen LogP contribution in [0.3, 0.4) is 0 Å². The molecule has 0 radical (unpaired) electrons. The molecule has 25 heavy (non-hydrogen) atoms. The Bertz CT molecular complexity index is 772. The average Bonchev–Trinajstić information content (AvgIpc) is 2.56. The van der Waals surface area contributed by atoms with E-state index in [4.69, 9.17) is 16.3 Å². The lowest BCUT2D eigenvalue weighted by Crippen LogP contribution is -2.33. The molecule has 0 aliphatic carbocycles. The number of ether oxygens (including phenoxy) is 1. The number of nitrogens with one attached hydrogen (secondary N) is 1. The molecule has 0 heterocycles. The van der Waals surface area contributed by atoms with E-state index in [1.165, 1.54) is 5.56 Å². The van der Waals surface area contributed by atoms with Crippen LogP contribution < -0.4 is 10.2 Å². The number of aryl methyl sites for hydroxylation is 1. The van der Waals surface area contributed by atoms with Gasteiger partial charge in [-0.1, -0.05) is 49.7 Å². The molecule has 0 saturated carbocycles. The second-order valence-corrected chi connectivity index (χ2v) is 6.67. The van der Waals surface area contributed by atoms with Gasteiger partial charge in [0.2, 0.25) is 0 Å². The van der Waals surface area contributed by atoms with E-state index in [2.05, 4.69) is 30.4 Å². The van der Waals surface area contributed by atoms with E-state index < -0.39 is 6.10 Å². The first-order valence-corrected chi connectivity index (χ1v) is 8.60. The molecule has 2 aromatic carbocycles. The topological polar surface area (TPSA) is 50.7 Å². The summed E-state index contributed by atoms with van der Waals surface area (Å²) in [4.78, 5) is 12.2. The lowest BCUT2D eigenvalue weighted by molar-refractivity contribution is -0.127. The molecule has 4 nitrogen and oxygen atoms in total. The summed E-state index contributed by atoms with van der Waals surface area (Å²) in [5, 5.41) is 4.57.